The number of ether oxygens (including phenoxy) is 2. The summed E-state index contributed by atoms with van der Waals surface area (Å²) in [4.78, 5) is 27.4. The lowest BCUT2D eigenvalue weighted by Gasteiger charge is -2.04. The summed E-state index contributed by atoms with van der Waals surface area (Å²) in [5, 5.41) is 2.68. The molecule has 3 rings (SSSR count). The van der Waals surface area contributed by atoms with Gasteiger partial charge in [0.25, 0.3) is 0 Å². The Kier molecular flexibility index (Phi) is 4.84. The van der Waals surface area contributed by atoms with Gasteiger partial charge in [0.05, 0.1) is 7.11 Å². The standard InChI is InChI=1S/C20H18N2O4/c1-12-10-14(4-9-18(12)25-3)11-17-20(24)26-19(22-17)15-5-7-16(8-6-15)21-13(2)23/h4-11H,1-3H3,(H,21,23)/b17-11-. The fourth-order valence-electron chi connectivity index (χ4n) is 2.58. The molecule has 0 saturated heterocycles. The Morgan fingerprint density at radius 3 is 2.54 bits per heavy atom. The van der Waals surface area contributed by atoms with Crippen molar-refractivity contribution in [3.8, 4) is 5.75 Å². The molecule has 26 heavy (non-hydrogen) atoms. The first kappa shape index (κ1) is 17.4. The van der Waals surface area contributed by atoms with E-state index in [-0.39, 0.29) is 17.5 Å². The van der Waals surface area contributed by atoms with Crippen LogP contribution >= 0.6 is 0 Å². The number of nitrogens with zero attached hydrogens (tertiary/aromatic N) is 1. The van der Waals surface area contributed by atoms with Gasteiger partial charge >= 0.3 is 5.97 Å². The van der Waals surface area contributed by atoms with Crippen molar-refractivity contribution >= 4 is 29.5 Å². The van der Waals surface area contributed by atoms with Gasteiger partial charge in [0, 0.05) is 18.2 Å². The third-order valence-electron chi connectivity index (χ3n) is 3.80. The lowest BCUT2D eigenvalue weighted by atomic mass is 10.1. The number of hydrogen-bond acceptors (Lipinski definition) is 5. The Balaban J connectivity index is 1.84. The number of esters is 1. The number of anilines is 1. The summed E-state index contributed by atoms with van der Waals surface area (Å²) in [5.41, 5.74) is 3.35. The number of methoxy groups -OCH3 is 1. The summed E-state index contributed by atoms with van der Waals surface area (Å²) < 4.78 is 10.5. The molecule has 2 aromatic rings. The molecule has 0 bridgehead atoms. The van der Waals surface area contributed by atoms with Crippen molar-refractivity contribution in [1.82, 2.24) is 0 Å². The number of carbonyl (C=O) groups excluding carboxylic acids is 2. The Labute approximate surface area is 151 Å². The van der Waals surface area contributed by atoms with Crippen LogP contribution in [0.1, 0.15) is 23.6 Å². The maximum absolute atomic E-state index is 12.1. The Bertz CT molecular complexity index is 927. The van der Waals surface area contributed by atoms with E-state index in [0.29, 0.717) is 11.3 Å². The van der Waals surface area contributed by atoms with Crippen LogP contribution in [0.25, 0.3) is 6.08 Å². The van der Waals surface area contributed by atoms with Gasteiger partial charge < -0.3 is 14.8 Å². The molecule has 1 amide bonds. The van der Waals surface area contributed by atoms with E-state index in [1.54, 1.807) is 37.5 Å². The summed E-state index contributed by atoms with van der Waals surface area (Å²) >= 11 is 0. The molecule has 6 nitrogen and oxygen atoms in total. The lowest BCUT2D eigenvalue weighted by molar-refractivity contribution is -0.129. The van der Waals surface area contributed by atoms with Crippen LogP contribution in [0.4, 0.5) is 5.69 Å². The van der Waals surface area contributed by atoms with Gasteiger partial charge in [0.15, 0.2) is 5.70 Å². The Morgan fingerprint density at radius 1 is 1.19 bits per heavy atom. The number of aryl methyl sites for hydroxylation is 1. The molecule has 0 fully saturated rings. The molecule has 0 aromatic heterocycles. The molecule has 0 radical (unpaired) electrons. The average molecular weight is 350 g/mol. The van der Waals surface area contributed by atoms with Gasteiger partial charge in [-0.15, -0.1) is 0 Å². The fraction of sp³-hybridized carbons (Fsp3) is 0.150. The van der Waals surface area contributed by atoms with Crippen LogP contribution in [0.2, 0.25) is 0 Å². The van der Waals surface area contributed by atoms with Gasteiger partial charge in [0.1, 0.15) is 5.75 Å². The summed E-state index contributed by atoms with van der Waals surface area (Å²) in [5.74, 6) is 0.368. The predicted molar refractivity (Wildman–Crippen MR) is 99.1 cm³/mol. The lowest BCUT2D eigenvalue weighted by Crippen LogP contribution is -2.07. The molecule has 0 atom stereocenters. The SMILES string of the molecule is COc1ccc(/C=C2\N=C(c3ccc(NC(C)=O)cc3)OC2=O)cc1C. The van der Waals surface area contributed by atoms with Gasteiger partial charge in [-0.1, -0.05) is 6.07 Å². The maximum atomic E-state index is 12.1. The van der Waals surface area contributed by atoms with Crippen LogP contribution in [0.3, 0.4) is 0 Å². The van der Waals surface area contributed by atoms with Crippen molar-refractivity contribution in [1.29, 1.82) is 0 Å². The molecule has 0 aliphatic carbocycles. The van der Waals surface area contributed by atoms with Crippen molar-refractivity contribution in [2.45, 2.75) is 13.8 Å². The molecule has 0 unspecified atom stereocenters. The minimum absolute atomic E-state index is 0.151. The summed E-state index contributed by atoms with van der Waals surface area (Å²) in [6.07, 6.45) is 1.67. The first-order valence-corrected chi connectivity index (χ1v) is 8.01. The summed E-state index contributed by atoms with van der Waals surface area (Å²) in [6.45, 7) is 3.37. The van der Waals surface area contributed by atoms with E-state index in [4.69, 9.17) is 9.47 Å². The zero-order valence-corrected chi connectivity index (χ0v) is 14.7. The van der Waals surface area contributed by atoms with E-state index in [0.717, 1.165) is 16.9 Å². The second-order valence-electron chi connectivity index (χ2n) is 5.82. The highest BCUT2D eigenvalue weighted by Crippen LogP contribution is 2.23. The molecule has 1 aliphatic heterocycles. The highest BCUT2D eigenvalue weighted by molar-refractivity contribution is 6.13. The molecule has 6 heteroatoms. The number of benzene rings is 2. The topological polar surface area (TPSA) is 77.0 Å². The van der Waals surface area contributed by atoms with Crippen molar-refractivity contribution < 1.29 is 19.1 Å². The molecule has 1 aliphatic rings. The second kappa shape index (κ2) is 7.23. The van der Waals surface area contributed by atoms with Crippen LogP contribution in [0.15, 0.2) is 53.2 Å². The first-order chi connectivity index (χ1) is 12.5. The number of aliphatic imine (C=N–C) groups is 1. The second-order valence-corrected chi connectivity index (χ2v) is 5.82. The van der Waals surface area contributed by atoms with Crippen molar-refractivity contribution in [3.05, 3.63) is 64.9 Å². The minimum atomic E-state index is -0.501. The normalized spacial score (nSPS) is 14.8. The average Bonchev–Trinajstić information content (AvgIpc) is 2.96. The van der Waals surface area contributed by atoms with Crippen molar-refractivity contribution in [2.24, 2.45) is 4.99 Å². The molecule has 132 valence electrons. The molecule has 1 N–H and O–H groups in total. The van der Waals surface area contributed by atoms with E-state index in [1.165, 1.54) is 6.92 Å². The van der Waals surface area contributed by atoms with E-state index >= 15 is 0 Å². The third-order valence-corrected chi connectivity index (χ3v) is 3.80. The van der Waals surface area contributed by atoms with Crippen LogP contribution < -0.4 is 10.1 Å². The minimum Gasteiger partial charge on any atom is -0.496 e. The van der Waals surface area contributed by atoms with Gasteiger partial charge in [-0.2, -0.15) is 0 Å². The van der Waals surface area contributed by atoms with Crippen LogP contribution in [-0.4, -0.2) is 24.9 Å². The monoisotopic (exact) mass is 350 g/mol. The highest BCUT2D eigenvalue weighted by Gasteiger charge is 2.24. The molecule has 0 saturated carbocycles. The molecular weight excluding hydrogens is 332 g/mol. The van der Waals surface area contributed by atoms with Gasteiger partial charge in [-0.25, -0.2) is 9.79 Å². The first-order valence-electron chi connectivity index (χ1n) is 8.01. The quantitative estimate of drug-likeness (QED) is 0.678. The molecule has 2 aromatic carbocycles. The number of cyclic esters (lactones) is 1. The number of hydrogen-bond donors (Lipinski definition) is 1. The van der Waals surface area contributed by atoms with E-state index in [9.17, 15) is 9.59 Å². The Hall–Kier alpha value is -3.41. The number of amides is 1. The van der Waals surface area contributed by atoms with Crippen LogP contribution in [-0.2, 0) is 14.3 Å². The molecule has 0 spiro atoms. The highest BCUT2D eigenvalue weighted by atomic mass is 16.6. The van der Waals surface area contributed by atoms with Gasteiger partial charge in [-0.05, 0) is 60.5 Å². The molecular formula is C20H18N2O4. The molecule has 1 heterocycles. The van der Waals surface area contributed by atoms with E-state index in [1.807, 2.05) is 25.1 Å². The zero-order chi connectivity index (χ0) is 18.7. The Morgan fingerprint density at radius 2 is 1.92 bits per heavy atom. The van der Waals surface area contributed by atoms with Crippen LogP contribution in [0, 0.1) is 6.92 Å². The van der Waals surface area contributed by atoms with Crippen LogP contribution in [0.5, 0.6) is 5.75 Å². The van der Waals surface area contributed by atoms with E-state index < -0.39 is 5.97 Å². The van der Waals surface area contributed by atoms with E-state index in [2.05, 4.69) is 10.3 Å². The number of rotatable bonds is 4. The van der Waals surface area contributed by atoms with Crippen molar-refractivity contribution in [2.75, 3.05) is 12.4 Å². The fourth-order valence-corrected chi connectivity index (χ4v) is 2.58. The number of carbonyl (C=O) groups is 2. The maximum Gasteiger partial charge on any atom is 0.363 e. The summed E-state index contributed by atoms with van der Waals surface area (Å²) in [6, 6.07) is 12.5. The van der Waals surface area contributed by atoms with Crippen molar-refractivity contribution in [3.63, 3.8) is 0 Å². The van der Waals surface area contributed by atoms with Gasteiger partial charge in [-0.3, -0.25) is 4.79 Å². The smallest absolute Gasteiger partial charge is 0.363 e. The zero-order valence-electron chi connectivity index (χ0n) is 14.7. The summed E-state index contributed by atoms with van der Waals surface area (Å²) in [7, 11) is 1.61. The third kappa shape index (κ3) is 3.80. The largest absolute Gasteiger partial charge is 0.496 e. The predicted octanol–water partition coefficient (Wildman–Crippen LogP) is 3.31. The van der Waals surface area contributed by atoms with Gasteiger partial charge in [0.2, 0.25) is 11.8 Å². The number of nitrogens with one attached hydrogen (secondary N) is 1.